The Bertz CT molecular complexity index is 523. The van der Waals surface area contributed by atoms with Gasteiger partial charge in [-0.1, -0.05) is 24.3 Å². The molecule has 0 bridgehead atoms. The third-order valence-electron chi connectivity index (χ3n) is 2.79. The number of benzene rings is 2. The molecule has 0 aliphatic rings. The summed E-state index contributed by atoms with van der Waals surface area (Å²) in [7, 11) is 0. The summed E-state index contributed by atoms with van der Waals surface area (Å²) < 4.78 is 13.3. The second kappa shape index (κ2) is 4.87. The van der Waals surface area contributed by atoms with E-state index in [1.54, 1.807) is 13.0 Å². The number of anilines is 2. The first-order valence-corrected chi connectivity index (χ1v) is 5.51. The Balaban J connectivity index is 2.13. The molecule has 88 valence electrons. The van der Waals surface area contributed by atoms with Gasteiger partial charge in [-0.15, -0.1) is 0 Å². The van der Waals surface area contributed by atoms with Gasteiger partial charge >= 0.3 is 0 Å². The fraction of sp³-hybridized carbons (Fsp3) is 0.143. The van der Waals surface area contributed by atoms with Crippen LogP contribution in [0.3, 0.4) is 0 Å². The van der Waals surface area contributed by atoms with Gasteiger partial charge in [0.15, 0.2) is 0 Å². The van der Waals surface area contributed by atoms with Gasteiger partial charge in [-0.2, -0.15) is 0 Å². The average Bonchev–Trinajstić information content (AvgIpc) is 2.33. The smallest absolute Gasteiger partial charge is 0.128 e. The van der Waals surface area contributed by atoms with E-state index in [1.165, 1.54) is 6.07 Å². The molecular formula is C14H15FN2. The van der Waals surface area contributed by atoms with Crippen molar-refractivity contribution >= 4 is 11.4 Å². The fourth-order valence-corrected chi connectivity index (χ4v) is 1.68. The second-order valence-electron chi connectivity index (χ2n) is 3.96. The summed E-state index contributed by atoms with van der Waals surface area (Å²) >= 11 is 0. The van der Waals surface area contributed by atoms with Crippen LogP contribution in [0.25, 0.3) is 0 Å². The number of rotatable bonds is 3. The van der Waals surface area contributed by atoms with Crippen molar-refractivity contribution in [3.05, 3.63) is 59.4 Å². The molecule has 0 amide bonds. The highest BCUT2D eigenvalue weighted by Gasteiger charge is 2.03. The maximum absolute atomic E-state index is 13.3. The molecule has 0 heterocycles. The first-order valence-electron chi connectivity index (χ1n) is 5.51. The average molecular weight is 230 g/mol. The van der Waals surface area contributed by atoms with Crippen molar-refractivity contribution in [3.63, 3.8) is 0 Å². The number of nitrogen functional groups attached to an aromatic ring is 1. The number of nitrogens with one attached hydrogen (secondary N) is 1. The highest BCUT2D eigenvalue weighted by atomic mass is 19.1. The van der Waals surface area contributed by atoms with Crippen molar-refractivity contribution in [2.75, 3.05) is 11.1 Å². The highest BCUT2D eigenvalue weighted by Crippen LogP contribution is 2.19. The summed E-state index contributed by atoms with van der Waals surface area (Å²) in [6.45, 7) is 2.35. The molecule has 3 heteroatoms. The zero-order chi connectivity index (χ0) is 12.3. The van der Waals surface area contributed by atoms with Gasteiger partial charge in [-0.25, -0.2) is 4.39 Å². The maximum atomic E-state index is 13.3. The Hall–Kier alpha value is -2.03. The molecule has 0 atom stereocenters. The zero-order valence-corrected chi connectivity index (χ0v) is 9.70. The largest absolute Gasteiger partial charge is 0.398 e. The second-order valence-corrected chi connectivity index (χ2v) is 3.96. The first kappa shape index (κ1) is 11.5. The standard InChI is InChI=1S/C14H15FN2/c1-10-12(15)6-4-8-14(10)17-9-11-5-2-3-7-13(11)16/h2-8,17H,9,16H2,1H3. The van der Waals surface area contributed by atoms with Crippen molar-refractivity contribution < 1.29 is 4.39 Å². The molecule has 2 aromatic carbocycles. The van der Waals surface area contributed by atoms with E-state index in [9.17, 15) is 4.39 Å². The summed E-state index contributed by atoms with van der Waals surface area (Å²) in [4.78, 5) is 0. The Morgan fingerprint density at radius 3 is 2.65 bits per heavy atom. The minimum absolute atomic E-state index is 0.198. The van der Waals surface area contributed by atoms with Gasteiger partial charge in [-0.05, 0) is 30.7 Å². The lowest BCUT2D eigenvalue weighted by Crippen LogP contribution is -2.04. The van der Waals surface area contributed by atoms with Gasteiger partial charge in [0.2, 0.25) is 0 Å². The van der Waals surface area contributed by atoms with Crippen LogP contribution in [0.4, 0.5) is 15.8 Å². The molecule has 0 unspecified atom stereocenters. The predicted octanol–water partition coefficient (Wildman–Crippen LogP) is 3.33. The fourth-order valence-electron chi connectivity index (χ4n) is 1.68. The Morgan fingerprint density at radius 2 is 1.88 bits per heavy atom. The molecule has 0 fully saturated rings. The van der Waals surface area contributed by atoms with Crippen molar-refractivity contribution in [1.82, 2.24) is 0 Å². The van der Waals surface area contributed by atoms with Crippen LogP contribution in [-0.2, 0) is 6.54 Å². The van der Waals surface area contributed by atoms with Gasteiger partial charge in [0.05, 0.1) is 0 Å². The molecular weight excluding hydrogens is 215 g/mol. The lowest BCUT2D eigenvalue weighted by Gasteiger charge is -2.11. The Morgan fingerprint density at radius 1 is 1.12 bits per heavy atom. The van der Waals surface area contributed by atoms with Crippen LogP contribution in [0.15, 0.2) is 42.5 Å². The number of nitrogens with two attached hydrogens (primary N) is 1. The van der Waals surface area contributed by atoms with E-state index in [1.807, 2.05) is 30.3 Å². The lowest BCUT2D eigenvalue weighted by atomic mass is 10.1. The molecule has 0 radical (unpaired) electrons. The molecule has 2 aromatic rings. The molecule has 0 saturated heterocycles. The van der Waals surface area contributed by atoms with Crippen LogP contribution in [0.5, 0.6) is 0 Å². The Labute approximate surface area is 100 Å². The molecule has 0 aliphatic heterocycles. The van der Waals surface area contributed by atoms with Crippen molar-refractivity contribution in [3.8, 4) is 0 Å². The molecule has 0 spiro atoms. The molecule has 0 aromatic heterocycles. The van der Waals surface area contributed by atoms with E-state index in [4.69, 9.17) is 5.73 Å². The van der Waals surface area contributed by atoms with Gasteiger partial charge in [0, 0.05) is 23.5 Å². The summed E-state index contributed by atoms with van der Waals surface area (Å²) in [6, 6.07) is 12.7. The van der Waals surface area contributed by atoms with Crippen LogP contribution in [-0.4, -0.2) is 0 Å². The van der Waals surface area contributed by atoms with Crippen LogP contribution in [0.1, 0.15) is 11.1 Å². The predicted molar refractivity (Wildman–Crippen MR) is 69.3 cm³/mol. The van der Waals surface area contributed by atoms with Crippen molar-refractivity contribution in [1.29, 1.82) is 0 Å². The number of hydrogen-bond acceptors (Lipinski definition) is 2. The normalized spacial score (nSPS) is 10.2. The molecule has 0 aliphatic carbocycles. The first-order chi connectivity index (χ1) is 8.18. The van der Waals surface area contributed by atoms with E-state index in [0.717, 1.165) is 16.9 Å². The molecule has 2 nitrogen and oxygen atoms in total. The molecule has 0 saturated carbocycles. The minimum Gasteiger partial charge on any atom is -0.398 e. The number of para-hydroxylation sites is 1. The molecule has 3 N–H and O–H groups in total. The van der Waals surface area contributed by atoms with Gasteiger partial charge in [-0.3, -0.25) is 0 Å². The van der Waals surface area contributed by atoms with Crippen LogP contribution in [0, 0.1) is 12.7 Å². The van der Waals surface area contributed by atoms with Crippen LogP contribution in [0.2, 0.25) is 0 Å². The summed E-state index contributed by atoms with van der Waals surface area (Å²) in [5.41, 5.74) is 9.02. The maximum Gasteiger partial charge on any atom is 0.128 e. The minimum atomic E-state index is -0.198. The number of halogens is 1. The van der Waals surface area contributed by atoms with Crippen molar-refractivity contribution in [2.45, 2.75) is 13.5 Å². The SMILES string of the molecule is Cc1c(F)cccc1NCc1ccccc1N. The third kappa shape index (κ3) is 2.56. The summed E-state index contributed by atoms with van der Waals surface area (Å²) in [6.07, 6.45) is 0. The van der Waals surface area contributed by atoms with Gasteiger partial charge in [0.25, 0.3) is 0 Å². The Kier molecular flexibility index (Phi) is 3.28. The zero-order valence-electron chi connectivity index (χ0n) is 9.70. The van der Waals surface area contributed by atoms with Crippen LogP contribution < -0.4 is 11.1 Å². The quantitative estimate of drug-likeness (QED) is 0.794. The van der Waals surface area contributed by atoms with E-state index in [2.05, 4.69) is 5.32 Å². The van der Waals surface area contributed by atoms with E-state index >= 15 is 0 Å². The molecule has 17 heavy (non-hydrogen) atoms. The third-order valence-corrected chi connectivity index (χ3v) is 2.79. The van der Waals surface area contributed by atoms with Crippen molar-refractivity contribution in [2.24, 2.45) is 0 Å². The van der Waals surface area contributed by atoms with Crippen LogP contribution >= 0.6 is 0 Å². The summed E-state index contributed by atoms with van der Waals surface area (Å²) in [5.74, 6) is -0.198. The van der Waals surface area contributed by atoms with Gasteiger partial charge in [0.1, 0.15) is 5.82 Å². The monoisotopic (exact) mass is 230 g/mol. The van der Waals surface area contributed by atoms with E-state index < -0.39 is 0 Å². The van der Waals surface area contributed by atoms with E-state index in [-0.39, 0.29) is 5.82 Å². The summed E-state index contributed by atoms with van der Waals surface area (Å²) in [5, 5.41) is 3.19. The topological polar surface area (TPSA) is 38.0 Å². The lowest BCUT2D eigenvalue weighted by molar-refractivity contribution is 0.619. The number of hydrogen-bond donors (Lipinski definition) is 2. The van der Waals surface area contributed by atoms with Gasteiger partial charge < -0.3 is 11.1 Å². The van der Waals surface area contributed by atoms with E-state index in [0.29, 0.717) is 12.1 Å². The molecule has 2 rings (SSSR count). The highest BCUT2D eigenvalue weighted by molar-refractivity contribution is 5.53.